The standard InChI is InChI=1S/C45H25N3O2/c1-2-12-27-26(11-1)23-24-30-28-13-3-4-14-29(28)36(25-35(27)30)45-47-43(33-17-9-21-39-41(33)31-15-5-7-19-37(31)49-39)46-44(48-45)34-18-10-22-40-42(34)32-16-6-8-20-38(32)50-40/h1-25H. The molecule has 0 radical (unpaired) electrons. The zero-order chi connectivity index (χ0) is 32.8. The molecule has 0 spiro atoms. The Labute approximate surface area is 285 Å². The van der Waals surface area contributed by atoms with Crippen molar-refractivity contribution in [2.24, 2.45) is 0 Å². The van der Waals surface area contributed by atoms with Gasteiger partial charge in [0.25, 0.3) is 0 Å². The van der Waals surface area contributed by atoms with Gasteiger partial charge in [-0.2, -0.15) is 0 Å². The van der Waals surface area contributed by atoms with Crippen molar-refractivity contribution in [3.63, 3.8) is 0 Å². The fraction of sp³-hybridized carbons (Fsp3) is 0. The molecule has 5 nitrogen and oxygen atoms in total. The van der Waals surface area contributed by atoms with Gasteiger partial charge in [-0.25, -0.2) is 15.0 Å². The summed E-state index contributed by atoms with van der Waals surface area (Å²) < 4.78 is 12.6. The van der Waals surface area contributed by atoms with E-state index < -0.39 is 0 Å². The molecule has 3 heterocycles. The second-order valence-electron chi connectivity index (χ2n) is 12.7. The minimum Gasteiger partial charge on any atom is -0.456 e. The highest BCUT2D eigenvalue weighted by Crippen LogP contribution is 2.41. The number of para-hydroxylation sites is 2. The predicted molar refractivity (Wildman–Crippen MR) is 203 cm³/mol. The van der Waals surface area contributed by atoms with Gasteiger partial charge in [0.15, 0.2) is 17.5 Å². The largest absolute Gasteiger partial charge is 0.456 e. The number of aromatic nitrogens is 3. The van der Waals surface area contributed by atoms with Crippen molar-refractivity contribution < 1.29 is 8.83 Å². The molecule has 5 heteroatoms. The maximum atomic E-state index is 6.30. The molecule has 0 aliphatic heterocycles. The quantitative estimate of drug-likeness (QED) is 0.180. The van der Waals surface area contributed by atoms with Gasteiger partial charge >= 0.3 is 0 Å². The minimum atomic E-state index is 0.578. The second-order valence-corrected chi connectivity index (χ2v) is 12.7. The summed E-state index contributed by atoms with van der Waals surface area (Å²) in [5, 5.41) is 11.0. The summed E-state index contributed by atoms with van der Waals surface area (Å²) >= 11 is 0. The number of hydrogen-bond donors (Lipinski definition) is 0. The van der Waals surface area contributed by atoms with Crippen LogP contribution in [-0.4, -0.2) is 15.0 Å². The first-order chi connectivity index (χ1) is 24.8. The molecule has 232 valence electrons. The molecule has 0 aliphatic rings. The summed E-state index contributed by atoms with van der Waals surface area (Å²) in [4.78, 5) is 15.9. The molecule has 0 unspecified atom stereocenters. The van der Waals surface area contributed by atoms with Gasteiger partial charge in [-0.15, -0.1) is 0 Å². The van der Waals surface area contributed by atoms with Crippen LogP contribution in [0.5, 0.6) is 0 Å². The molecule has 50 heavy (non-hydrogen) atoms. The molecule has 11 rings (SSSR count). The van der Waals surface area contributed by atoms with Gasteiger partial charge in [0.2, 0.25) is 0 Å². The second kappa shape index (κ2) is 10.3. The number of fused-ring (bicyclic) bond motifs is 11. The lowest BCUT2D eigenvalue weighted by molar-refractivity contribution is 0.668. The molecule has 0 amide bonds. The van der Waals surface area contributed by atoms with E-state index in [2.05, 4.69) is 91.0 Å². The van der Waals surface area contributed by atoms with Crippen LogP contribution in [0.3, 0.4) is 0 Å². The molecular formula is C45H25N3O2. The number of rotatable bonds is 3. The minimum absolute atomic E-state index is 0.578. The van der Waals surface area contributed by atoms with Gasteiger partial charge in [0.1, 0.15) is 22.3 Å². The summed E-state index contributed by atoms with van der Waals surface area (Å²) in [6.45, 7) is 0. The highest BCUT2D eigenvalue weighted by molar-refractivity contribution is 6.21. The van der Waals surface area contributed by atoms with Crippen LogP contribution in [-0.2, 0) is 0 Å². The lowest BCUT2D eigenvalue weighted by Gasteiger charge is -2.14. The van der Waals surface area contributed by atoms with E-state index >= 15 is 0 Å². The molecule has 0 saturated heterocycles. The summed E-state index contributed by atoms with van der Waals surface area (Å²) in [5.74, 6) is 1.76. The molecule has 0 fully saturated rings. The van der Waals surface area contributed by atoms with Crippen molar-refractivity contribution in [1.82, 2.24) is 15.0 Å². The molecule has 0 bridgehead atoms. The Bertz CT molecular complexity index is 3040. The lowest BCUT2D eigenvalue weighted by atomic mass is 9.93. The molecule has 8 aromatic carbocycles. The maximum Gasteiger partial charge on any atom is 0.164 e. The van der Waals surface area contributed by atoms with E-state index in [0.29, 0.717) is 17.5 Å². The monoisotopic (exact) mass is 639 g/mol. The Balaban J connectivity index is 1.28. The summed E-state index contributed by atoms with van der Waals surface area (Å²) in [6.07, 6.45) is 0. The topological polar surface area (TPSA) is 65.0 Å². The highest BCUT2D eigenvalue weighted by atomic mass is 16.3. The van der Waals surface area contributed by atoms with Gasteiger partial charge < -0.3 is 8.83 Å². The van der Waals surface area contributed by atoms with E-state index in [-0.39, 0.29) is 0 Å². The van der Waals surface area contributed by atoms with Crippen LogP contribution in [0.1, 0.15) is 0 Å². The van der Waals surface area contributed by atoms with Crippen LogP contribution >= 0.6 is 0 Å². The fourth-order valence-electron chi connectivity index (χ4n) is 7.71. The number of nitrogens with zero attached hydrogens (tertiary/aromatic N) is 3. The SMILES string of the molecule is c1ccc2c(c1)ccc1c3ccccc3c(-c3nc(-c4cccc5oc6ccccc6c45)nc(-c4cccc5oc6ccccc6c45)n3)cc21. The Morgan fingerprint density at radius 1 is 0.300 bits per heavy atom. The van der Waals surface area contributed by atoms with Gasteiger partial charge in [-0.1, -0.05) is 121 Å². The average molecular weight is 640 g/mol. The first-order valence-electron chi connectivity index (χ1n) is 16.7. The maximum absolute atomic E-state index is 6.30. The number of furan rings is 2. The van der Waals surface area contributed by atoms with Gasteiger partial charge in [0, 0.05) is 38.2 Å². The molecular weight excluding hydrogens is 615 g/mol. The van der Waals surface area contributed by atoms with Crippen molar-refractivity contribution in [2.45, 2.75) is 0 Å². The van der Waals surface area contributed by atoms with Gasteiger partial charge in [-0.3, -0.25) is 0 Å². The van der Waals surface area contributed by atoms with E-state index in [1.807, 2.05) is 60.7 Å². The van der Waals surface area contributed by atoms with E-state index in [1.54, 1.807) is 0 Å². The molecule has 0 saturated carbocycles. The first kappa shape index (κ1) is 27.1. The Morgan fingerprint density at radius 2 is 0.760 bits per heavy atom. The predicted octanol–water partition coefficient (Wildman–Crippen LogP) is 12.1. The van der Waals surface area contributed by atoms with Crippen molar-refractivity contribution in [2.75, 3.05) is 0 Å². The van der Waals surface area contributed by atoms with Crippen LogP contribution < -0.4 is 0 Å². The molecule has 0 N–H and O–H groups in total. The van der Waals surface area contributed by atoms with E-state index in [9.17, 15) is 0 Å². The zero-order valence-corrected chi connectivity index (χ0v) is 26.6. The molecule has 0 aliphatic carbocycles. The lowest BCUT2D eigenvalue weighted by Crippen LogP contribution is -2.01. The van der Waals surface area contributed by atoms with Gasteiger partial charge in [-0.05, 0) is 62.6 Å². The van der Waals surface area contributed by atoms with E-state index in [0.717, 1.165) is 76.7 Å². The van der Waals surface area contributed by atoms with Crippen LogP contribution in [0, 0.1) is 0 Å². The summed E-state index contributed by atoms with van der Waals surface area (Å²) in [6, 6.07) is 52.2. The van der Waals surface area contributed by atoms with E-state index in [4.69, 9.17) is 23.8 Å². The normalized spacial score (nSPS) is 12.0. The van der Waals surface area contributed by atoms with Crippen LogP contribution in [0.25, 0.3) is 110 Å². The van der Waals surface area contributed by atoms with E-state index in [1.165, 1.54) is 16.2 Å². The van der Waals surface area contributed by atoms with Crippen molar-refractivity contribution >= 4 is 76.2 Å². The Kier molecular flexibility index (Phi) is 5.60. The third kappa shape index (κ3) is 3.92. The Hall–Kier alpha value is -6.85. The average Bonchev–Trinajstić information content (AvgIpc) is 3.76. The number of hydrogen-bond acceptors (Lipinski definition) is 5. The van der Waals surface area contributed by atoms with Crippen molar-refractivity contribution in [3.05, 3.63) is 152 Å². The van der Waals surface area contributed by atoms with Crippen LogP contribution in [0.4, 0.5) is 0 Å². The van der Waals surface area contributed by atoms with Crippen molar-refractivity contribution in [1.29, 1.82) is 0 Å². The van der Waals surface area contributed by atoms with Gasteiger partial charge in [0.05, 0.1) is 0 Å². The van der Waals surface area contributed by atoms with Crippen LogP contribution in [0.2, 0.25) is 0 Å². The number of benzene rings is 8. The van der Waals surface area contributed by atoms with Crippen LogP contribution in [0.15, 0.2) is 160 Å². The summed E-state index contributed by atoms with van der Waals surface area (Å²) in [5.41, 5.74) is 5.95. The highest BCUT2D eigenvalue weighted by Gasteiger charge is 2.21. The zero-order valence-electron chi connectivity index (χ0n) is 26.6. The third-order valence-electron chi connectivity index (χ3n) is 9.93. The smallest absolute Gasteiger partial charge is 0.164 e. The third-order valence-corrected chi connectivity index (χ3v) is 9.93. The summed E-state index contributed by atoms with van der Waals surface area (Å²) in [7, 11) is 0. The fourth-order valence-corrected chi connectivity index (χ4v) is 7.71. The first-order valence-corrected chi connectivity index (χ1v) is 16.7. The van der Waals surface area contributed by atoms with Crippen molar-refractivity contribution in [3.8, 4) is 34.2 Å². The Morgan fingerprint density at radius 3 is 1.38 bits per heavy atom. The molecule has 11 aromatic rings. The molecule has 0 atom stereocenters. The molecule has 3 aromatic heterocycles.